The first kappa shape index (κ1) is 13.9. The van der Waals surface area contributed by atoms with Crippen LogP contribution in [0, 0.1) is 16.7 Å². The van der Waals surface area contributed by atoms with Crippen LogP contribution in [0.1, 0.15) is 33.6 Å². The van der Waals surface area contributed by atoms with Gasteiger partial charge < -0.3 is 16.4 Å². The lowest BCUT2D eigenvalue weighted by molar-refractivity contribution is -0.157. The van der Waals surface area contributed by atoms with Crippen molar-refractivity contribution in [3.63, 3.8) is 0 Å². The Morgan fingerprint density at radius 3 is 1.87 bits per heavy atom. The van der Waals surface area contributed by atoms with E-state index in [1.165, 1.54) is 0 Å². The van der Waals surface area contributed by atoms with Crippen LogP contribution in [0.2, 0.25) is 0 Å². The molecular weight excluding hydrogens is 198 g/mol. The number of carbonyl (C=O) groups is 2. The number of rotatable bonds is 2. The molecule has 0 aromatic rings. The molecule has 1 aliphatic rings. The molecule has 88 valence electrons. The van der Waals surface area contributed by atoms with Crippen LogP contribution in [0.4, 0.5) is 0 Å². The van der Waals surface area contributed by atoms with Crippen molar-refractivity contribution in [2.45, 2.75) is 33.6 Å². The monoisotopic (exact) mass is 217 g/mol. The van der Waals surface area contributed by atoms with E-state index in [1.54, 1.807) is 20.8 Å². The lowest BCUT2D eigenvalue weighted by Crippen LogP contribution is -2.42. The van der Waals surface area contributed by atoms with Gasteiger partial charge in [0.2, 0.25) is 0 Å². The molecule has 5 heteroatoms. The number of aliphatic carboxylic acids is 2. The average molecular weight is 217 g/mol. The van der Waals surface area contributed by atoms with Crippen molar-refractivity contribution >= 4 is 11.9 Å². The van der Waals surface area contributed by atoms with Crippen LogP contribution in [0.25, 0.3) is 0 Å². The van der Waals surface area contributed by atoms with Crippen molar-refractivity contribution in [1.82, 2.24) is 6.15 Å². The molecule has 2 atom stereocenters. The first-order chi connectivity index (χ1) is 6.23. The SMILES string of the molecule is CC1(C(=O)O)CCC(C(=O)O)C1(C)C.N. The fourth-order valence-corrected chi connectivity index (χ4v) is 2.32. The largest absolute Gasteiger partial charge is 0.481 e. The fourth-order valence-electron chi connectivity index (χ4n) is 2.32. The van der Waals surface area contributed by atoms with Gasteiger partial charge in [-0.15, -0.1) is 0 Å². The molecule has 0 spiro atoms. The van der Waals surface area contributed by atoms with Crippen molar-refractivity contribution in [2.75, 3.05) is 0 Å². The summed E-state index contributed by atoms with van der Waals surface area (Å²) in [7, 11) is 0. The molecule has 0 saturated heterocycles. The molecular formula is C10H19NO4. The minimum Gasteiger partial charge on any atom is -0.481 e. The van der Waals surface area contributed by atoms with Gasteiger partial charge in [-0.2, -0.15) is 0 Å². The van der Waals surface area contributed by atoms with Gasteiger partial charge in [-0.3, -0.25) is 9.59 Å². The molecule has 1 fully saturated rings. The van der Waals surface area contributed by atoms with Crippen LogP contribution in [0.5, 0.6) is 0 Å². The molecule has 0 heterocycles. The lowest BCUT2D eigenvalue weighted by atomic mass is 9.66. The van der Waals surface area contributed by atoms with Crippen LogP contribution in [0.3, 0.4) is 0 Å². The fraction of sp³-hybridized carbons (Fsp3) is 0.800. The van der Waals surface area contributed by atoms with E-state index in [0.717, 1.165) is 0 Å². The predicted molar refractivity (Wildman–Crippen MR) is 54.9 cm³/mol. The predicted octanol–water partition coefficient (Wildman–Crippen LogP) is 1.76. The second-order valence-electron chi connectivity index (χ2n) is 4.79. The Bertz CT molecular complexity index is 287. The summed E-state index contributed by atoms with van der Waals surface area (Å²) >= 11 is 0. The molecule has 2 unspecified atom stereocenters. The quantitative estimate of drug-likeness (QED) is 0.652. The Labute approximate surface area is 89.1 Å². The zero-order valence-electron chi connectivity index (χ0n) is 9.41. The highest BCUT2D eigenvalue weighted by atomic mass is 16.4. The minimum atomic E-state index is -0.921. The van der Waals surface area contributed by atoms with Crippen LogP contribution >= 0.6 is 0 Å². The van der Waals surface area contributed by atoms with Crippen molar-refractivity contribution in [3.05, 3.63) is 0 Å². The molecule has 5 nitrogen and oxygen atoms in total. The zero-order valence-corrected chi connectivity index (χ0v) is 9.41. The molecule has 1 saturated carbocycles. The Balaban J connectivity index is 0.00000196. The lowest BCUT2D eigenvalue weighted by Gasteiger charge is -2.36. The van der Waals surface area contributed by atoms with Crippen molar-refractivity contribution in [3.8, 4) is 0 Å². The van der Waals surface area contributed by atoms with E-state index >= 15 is 0 Å². The second-order valence-corrected chi connectivity index (χ2v) is 4.79. The highest BCUT2D eigenvalue weighted by molar-refractivity contribution is 5.80. The van der Waals surface area contributed by atoms with Crippen molar-refractivity contribution in [2.24, 2.45) is 16.7 Å². The third-order valence-electron chi connectivity index (χ3n) is 4.00. The Morgan fingerprint density at radius 1 is 1.20 bits per heavy atom. The van der Waals surface area contributed by atoms with Gasteiger partial charge in [-0.05, 0) is 25.2 Å². The maximum Gasteiger partial charge on any atom is 0.309 e. The van der Waals surface area contributed by atoms with Gasteiger partial charge in [-0.25, -0.2) is 0 Å². The summed E-state index contributed by atoms with van der Waals surface area (Å²) < 4.78 is 0. The van der Waals surface area contributed by atoms with E-state index in [-0.39, 0.29) is 6.15 Å². The third-order valence-corrected chi connectivity index (χ3v) is 4.00. The molecule has 5 N–H and O–H groups in total. The summed E-state index contributed by atoms with van der Waals surface area (Å²) in [5.41, 5.74) is -1.61. The highest BCUT2D eigenvalue weighted by Gasteiger charge is 2.58. The third kappa shape index (κ3) is 1.71. The first-order valence-corrected chi connectivity index (χ1v) is 4.69. The van der Waals surface area contributed by atoms with Crippen molar-refractivity contribution < 1.29 is 19.8 Å². The van der Waals surface area contributed by atoms with E-state index in [9.17, 15) is 9.59 Å². The van der Waals surface area contributed by atoms with Gasteiger partial charge in [0.1, 0.15) is 0 Å². The summed E-state index contributed by atoms with van der Waals surface area (Å²) in [5.74, 6) is -2.34. The van der Waals surface area contributed by atoms with Gasteiger partial charge in [-0.1, -0.05) is 13.8 Å². The number of hydrogen-bond acceptors (Lipinski definition) is 3. The van der Waals surface area contributed by atoms with Gasteiger partial charge in [0.15, 0.2) is 0 Å². The second kappa shape index (κ2) is 3.81. The topological polar surface area (TPSA) is 110 Å². The number of carboxylic acid groups (broad SMARTS) is 2. The normalized spacial score (nSPS) is 33.1. The summed E-state index contributed by atoms with van der Waals surface area (Å²) in [6.07, 6.45) is 0.886. The Hall–Kier alpha value is -1.10. The summed E-state index contributed by atoms with van der Waals surface area (Å²) in [4.78, 5) is 22.0. The van der Waals surface area contributed by atoms with Crippen LogP contribution < -0.4 is 6.15 Å². The molecule has 0 aliphatic heterocycles. The van der Waals surface area contributed by atoms with Gasteiger partial charge in [0.05, 0.1) is 11.3 Å². The number of hydrogen-bond donors (Lipinski definition) is 3. The molecule has 0 radical (unpaired) electrons. The Morgan fingerprint density at radius 2 is 1.67 bits per heavy atom. The zero-order chi connectivity index (χ0) is 11.1. The summed E-state index contributed by atoms with van der Waals surface area (Å²) in [5, 5.41) is 18.1. The van der Waals surface area contributed by atoms with E-state index in [1.807, 2.05) is 0 Å². The average Bonchev–Trinajstić information content (AvgIpc) is 2.24. The van der Waals surface area contributed by atoms with E-state index in [0.29, 0.717) is 12.8 Å². The smallest absolute Gasteiger partial charge is 0.309 e. The maximum atomic E-state index is 11.1. The van der Waals surface area contributed by atoms with Crippen LogP contribution in [-0.4, -0.2) is 22.2 Å². The molecule has 0 aromatic carbocycles. The highest BCUT2D eigenvalue weighted by Crippen LogP contribution is 2.56. The minimum absolute atomic E-state index is 0. The molecule has 1 rings (SSSR count). The molecule has 0 amide bonds. The van der Waals surface area contributed by atoms with Gasteiger partial charge in [0.25, 0.3) is 0 Å². The number of carboxylic acids is 2. The Kier molecular flexibility index (Phi) is 3.53. The van der Waals surface area contributed by atoms with E-state index in [2.05, 4.69) is 0 Å². The van der Waals surface area contributed by atoms with E-state index in [4.69, 9.17) is 10.2 Å². The van der Waals surface area contributed by atoms with E-state index < -0.39 is 28.7 Å². The van der Waals surface area contributed by atoms with Crippen molar-refractivity contribution in [1.29, 1.82) is 0 Å². The summed E-state index contributed by atoms with van der Waals surface area (Å²) in [6.45, 7) is 5.10. The molecule has 1 aliphatic carbocycles. The maximum absolute atomic E-state index is 11.1. The van der Waals surface area contributed by atoms with Gasteiger partial charge >= 0.3 is 11.9 Å². The molecule has 0 bridgehead atoms. The standard InChI is InChI=1S/C10H16O4.H3N/c1-9(2)6(7(11)12)4-5-10(9,3)8(13)14;/h6H,4-5H2,1-3H3,(H,11,12)(H,13,14);1H3. The summed E-state index contributed by atoms with van der Waals surface area (Å²) in [6, 6.07) is 0. The van der Waals surface area contributed by atoms with Crippen LogP contribution in [0.15, 0.2) is 0 Å². The molecule has 15 heavy (non-hydrogen) atoms. The van der Waals surface area contributed by atoms with Gasteiger partial charge in [0, 0.05) is 0 Å². The first-order valence-electron chi connectivity index (χ1n) is 4.69. The molecule has 0 aromatic heterocycles. The van der Waals surface area contributed by atoms with Crippen LogP contribution in [-0.2, 0) is 9.59 Å².